The summed E-state index contributed by atoms with van der Waals surface area (Å²) in [6.45, 7) is 4.36. The zero-order valence-electron chi connectivity index (χ0n) is 10.1. The van der Waals surface area contributed by atoms with Crippen LogP contribution in [0.3, 0.4) is 0 Å². The molecule has 0 bridgehead atoms. The van der Waals surface area contributed by atoms with Gasteiger partial charge in [-0.2, -0.15) is 5.26 Å². The molecule has 18 heavy (non-hydrogen) atoms. The summed E-state index contributed by atoms with van der Waals surface area (Å²) >= 11 is 0. The van der Waals surface area contributed by atoms with Gasteiger partial charge in [0.05, 0.1) is 16.6 Å². The number of hydrogen-bond donors (Lipinski definition) is 1. The van der Waals surface area contributed by atoms with Gasteiger partial charge in [-0.1, -0.05) is 0 Å². The molecule has 2 rings (SSSR count). The fourth-order valence-corrected chi connectivity index (χ4v) is 2.18. The molecule has 0 aromatic heterocycles. The highest BCUT2D eigenvalue weighted by atomic mass is 16.6. The van der Waals surface area contributed by atoms with E-state index in [1.807, 2.05) is 17.9 Å². The number of nitro groups is 1. The number of anilines is 1. The van der Waals surface area contributed by atoms with Crippen molar-refractivity contribution in [1.29, 1.82) is 5.26 Å². The normalized spacial score (nSPS) is 19.3. The average Bonchev–Trinajstić information content (AvgIpc) is 2.38. The maximum absolute atomic E-state index is 11.1. The van der Waals surface area contributed by atoms with Gasteiger partial charge < -0.3 is 10.2 Å². The van der Waals surface area contributed by atoms with Gasteiger partial charge in [-0.15, -0.1) is 0 Å². The lowest BCUT2D eigenvalue weighted by molar-refractivity contribution is -0.384. The minimum atomic E-state index is -0.426. The van der Waals surface area contributed by atoms with Crippen LogP contribution in [0.15, 0.2) is 18.2 Å². The second-order valence-corrected chi connectivity index (χ2v) is 4.32. The first-order valence-electron chi connectivity index (χ1n) is 5.79. The Balaban J connectivity index is 2.43. The Morgan fingerprint density at radius 2 is 2.39 bits per heavy atom. The van der Waals surface area contributed by atoms with E-state index in [9.17, 15) is 10.1 Å². The predicted octanol–water partition coefficient (Wildman–Crippen LogP) is 1.26. The Morgan fingerprint density at radius 1 is 1.61 bits per heavy atom. The van der Waals surface area contributed by atoms with Crippen LogP contribution in [-0.2, 0) is 0 Å². The van der Waals surface area contributed by atoms with Gasteiger partial charge in [0.2, 0.25) is 0 Å². The van der Waals surface area contributed by atoms with Gasteiger partial charge in [0.15, 0.2) is 0 Å². The molecule has 1 atom stereocenters. The van der Waals surface area contributed by atoms with Crippen molar-refractivity contribution in [2.45, 2.75) is 13.0 Å². The lowest BCUT2D eigenvalue weighted by Gasteiger charge is -2.35. The summed E-state index contributed by atoms with van der Waals surface area (Å²) in [6.07, 6.45) is 0. The van der Waals surface area contributed by atoms with Crippen LogP contribution < -0.4 is 10.2 Å². The molecular weight excluding hydrogens is 232 g/mol. The Labute approximate surface area is 105 Å². The standard InChI is InChI=1S/C12H14N4O2/c1-9-8-14-4-5-15(9)11-3-2-10(7-13)6-12(11)16(17)18/h2-3,6,9,14H,4-5,8H2,1H3. The third-order valence-electron chi connectivity index (χ3n) is 3.11. The molecule has 1 N–H and O–H groups in total. The maximum atomic E-state index is 11.1. The highest BCUT2D eigenvalue weighted by molar-refractivity contribution is 5.66. The fourth-order valence-electron chi connectivity index (χ4n) is 2.18. The molecule has 1 aromatic carbocycles. The molecule has 1 aliphatic heterocycles. The summed E-state index contributed by atoms with van der Waals surface area (Å²) in [5.41, 5.74) is 0.907. The Kier molecular flexibility index (Phi) is 3.44. The Morgan fingerprint density at radius 3 is 3.00 bits per heavy atom. The minimum Gasteiger partial charge on any atom is -0.361 e. The van der Waals surface area contributed by atoms with E-state index in [1.165, 1.54) is 6.07 Å². The molecule has 94 valence electrons. The summed E-state index contributed by atoms with van der Waals surface area (Å²) in [4.78, 5) is 12.7. The largest absolute Gasteiger partial charge is 0.361 e. The lowest BCUT2D eigenvalue weighted by atomic mass is 10.1. The molecule has 1 aromatic rings. The van der Waals surface area contributed by atoms with Crippen molar-refractivity contribution >= 4 is 11.4 Å². The number of rotatable bonds is 2. The number of piperazine rings is 1. The van der Waals surface area contributed by atoms with Crippen molar-refractivity contribution < 1.29 is 4.92 Å². The third-order valence-corrected chi connectivity index (χ3v) is 3.11. The van der Waals surface area contributed by atoms with Gasteiger partial charge >= 0.3 is 0 Å². The molecule has 1 heterocycles. The van der Waals surface area contributed by atoms with Crippen LogP contribution in [0.1, 0.15) is 12.5 Å². The Hall–Kier alpha value is -2.13. The number of nitrogens with one attached hydrogen (secondary N) is 1. The summed E-state index contributed by atoms with van der Waals surface area (Å²) in [5.74, 6) is 0. The lowest BCUT2D eigenvalue weighted by Crippen LogP contribution is -2.50. The third kappa shape index (κ3) is 2.26. The number of nitrogens with zero attached hydrogens (tertiary/aromatic N) is 3. The van der Waals surface area contributed by atoms with Crippen LogP contribution in [0.5, 0.6) is 0 Å². The number of nitro benzene ring substituents is 1. The predicted molar refractivity (Wildman–Crippen MR) is 67.5 cm³/mol. The van der Waals surface area contributed by atoms with Gasteiger partial charge in [-0.25, -0.2) is 0 Å². The molecule has 1 saturated heterocycles. The number of nitriles is 1. The van der Waals surface area contributed by atoms with Crippen LogP contribution in [0.4, 0.5) is 11.4 Å². The van der Waals surface area contributed by atoms with E-state index in [2.05, 4.69) is 5.32 Å². The molecule has 0 radical (unpaired) electrons. The SMILES string of the molecule is CC1CNCCN1c1ccc(C#N)cc1[N+](=O)[O-]. The van der Waals surface area contributed by atoms with Crippen molar-refractivity contribution in [1.82, 2.24) is 5.32 Å². The zero-order valence-corrected chi connectivity index (χ0v) is 10.1. The summed E-state index contributed by atoms with van der Waals surface area (Å²) < 4.78 is 0. The van der Waals surface area contributed by atoms with Gasteiger partial charge in [0.1, 0.15) is 5.69 Å². The molecule has 6 nitrogen and oxygen atoms in total. The molecule has 6 heteroatoms. The van der Waals surface area contributed by atoms with Crippen molar-refractivity contribution in [2.24, 2.45) is 0 Å². The van der Waals surface area contributed by atoms with Gasteiger partial charge in [0.25, 0.3) is 5.69 Å². The average molecular weight is 246 g/mol. The molecule has 0 saturated carbocycles. The second-order valence-electron chi connectivity index (χ2n) is 4.32. The monoisotopic (exact) mass is 246 g/mol. The van der Waals surface area contributed by atoms with E-state index >= 15 is 0 Å². The van der Waals surface area contributed by atoms with Crippen LogP contribution >= 0.6 is 0 Å². The number of hydrogen-bond acceptors (Lipinski definition) is 5. The van der Waals surface area contributed by atoms with Crippen molar-refractivity contribution in [3.8, 4) is 6.07 Å². The molecule has 1 unspecified atom stereocenters. The van der Waals surface area contributed by atoms with E-state index in [0.717, 1.165) is 19.6 Å². The summed E-state index contributed by atoms with van der Waals surface area (Å²) in [5, 5.41) is 23.1. The van der Waals surface area contributed by atoms with Crippen LogP contribution in [0.2, 0.25) is 0 Å². The maximum Gasteiger partial charge on any atom is 0.293 e. The summed E-state index contributed by atoms with van der Waals surface area (Å²) in [7, 11) is 0. The van der Waals surface area contributed by atoms with Crippen LogP contribution in [0, 0.1) is 21.4 Å². The first-order chi connectivity index (χ1) is 8.63. The first-order valence-corrected chi connectivity index (χ1v) is 5.79. The van der Waals surface area contributed by atoms with E-state index in [4.69, 9.17) is 5.26 Å². The fraction of sp³-hybridized carbons (Fsp3) is 0.417. The van der Waals surface area contributed by atoms with E-state index in [0.29, 0.717) is 11.3 Å². The molecule has 0 aliphatic carbocycles. The van der Waals surface area contributed by atoms with Crippen LogP contribution in [-0.4, -0.2) is 30.6 Å². The van der Waals surface area contributed by atoms with Crippen molar-refractivity contribution in [2.75, 3.05) is 24.5 Å². The quantitative estimate of drug-likeness (QED) is 0.627. The molecule has 0 amide bonds. The smallest absolute Gasteiger partial charge is 0.293 e. The highest BCUT2D eigenvalue weighted by Crippen LogP contribution is 2.30. The second kappa shape index (κ2) is 5.02. The van der Waals surface area contributed by atoms with Crippen molar-refractivity contribution in [3.05, 3.63) is 33.9 Å². The molecule has 0 spiro atoms. The minimum absolute atomic E-state index is 0.00259. The molecule has 1 aliphatic rings. The first kappa shape index (κ1) is 12.3. The molecule has 1 fully saturated rings. The molecular formula is C12H14N4O2. The van der Waals surface area contributed by atoms with Gasteiger partial charge in [-0.05, 0) is 19.1 Å². The summed E-state index contributed by atoms with van der Waals surface area (Å²) in [6, 6.07) is 6.75. The van der Waals surface area contributed by atoms with Crippen molar-refractivity contribution in [3.63, 3.8) is 0 Å². The van der Waals surface area contributed by atoms with E-state index in [-0.39, 0.29) is 11.7 Å². The van der Waals surface area contributed by atoms with Crippen LogP contribution in [0.25, 0.3) is 0 Å². The Bertz CT molecular complexity index is 509. The highest BCUT2D eigenvalue weighted by Gasteiger charge is 2.25. The number of benzene rings is 1. The van der Waals surface area contributed by atoms with Gasteiger partial charge in [-0.3, -0.25) is 10.1 Å². The van der Waals surface area contributed by atoms with E-state index in [1.54, 1.807) is 12.1 Å². The van der Waals surface area contributed by atoms with Gasteiger partial charge in [0, 0.05) is 31.7 Å². The zero-order chi connectivity index (χ0) is 13.1. The van der Waals surface area contributed by atoms with E-state index < -0.39 is 4.92 Å². The topological polar surface area (TPSA) is 82.2 Å².